The minimum Gasteiger partial charge on any atom is -0.441 e. The highest BCUT2D eigenvalue weighted by atomic mass is 16.3. The molecule has 13 heavy (non-hydrogen) atoms. The molecule has 0 bridgehead atoms. The van der Waals surface area contributed by atoms with Crippen molar-refractivity contribution >= 4 is 0 Å². The first-order valence-corrected chi connectivity index (χ1v) is 3.93. The highest BCUT2D eigenvalue weighted by Crippen LogP contribution is 2.19. The van der Waals surface area contributed by atoms with E-state index < -0.39 is 0 Å². The highest BCUT2D eigenvalue weighted by Gasteiger charge is 2.10. The van der Waals surface area contributed by atoms with E-state index in [0.29, 0.717) is 12.3 Å². The minimum absolute atomic E-state index is 0.363. The summed E-state index contributed by atoms with van der Waals surface area (Å²) in [4.78, 5) is 3.98. The van der Waals surface area contributed by atoms with Gasteiger partial charge in [0.25, 0.3) is 0 Å². The van der Waals surface area contributed by atoms with Crippen molar-refractivity contribution < 1.29 is 4.42 Å². The maximum absolute atomic E-state index is 5.48. The Morgan fingerprint density at radius 1 is 1.62 bits per heavy atom. The van der Waals surface area contributed by atoms with Crippen LogP contribution in [0, 0.1) is 0 Å². The molecule has 0 unspecified atom stereocenters. The van der Waals surface area contributed by atoms with Gasteiger partial charge in [0.1, 0.15) is 11.4 Å². The van der Waals surface area contributed by atoms with Crippen LogP contribution in [0.2, 0.25) is 0 Å². The minimum atomic E-state index is 0.363. The Kier molecular flexibility index (Phi) is 1.86. The summed E-state index contributed by atoms with van der Waals surface area (Å²) in [6.45, 7) is 0.363. The molecule has 2 heterocycles. The number of aromatic nitrogens is 3. The fourth-order valence-electron chi connectivity index (χ4n) is 1.16. The first-order valence-electron chi connectivity index (χ1n) is 3.93. The Hall–Kier alpha value is -1.62. The zero-order valence-corrected chi connectivity index (χ0v) is 7.27. The molecule has 2 N–H and O–H groups in total. The summed E-state index contributed by atoms with van der Waals surface area (Å²) in [7, 11) is 1.85. The van der Waals surface area contributed by atoms with E-state index in [1.54, 1.807) is 4.68 Å². The van der Waals surface area contributed by atoms with Gasteiger partial charge in [-0.3, -0.25) is 4.68 Å². The number of oxazole rings is 1. The van der Waals surface area contributed by atoms with Crippen LogP contribution in [0.15, 0.2) is 23.1 Å². The van der Waals surface area contributed by atoms with Crippen LogP contribution >= 0.6 is 0 Å². The third-order valence-corrected chi connectivity index (χ3v) is 1.78. The molecule has 0 spiro atoms. The van der Waals surface area contributed by atoms with E-state index in [1.807, 2.05) is 19.3 Å². The summed E-state index contributed by atoms with van der Waals surface area (Å²) < 4.78 is 6.89. The normalized spacial score (nSPS) is 10.6. The molecule has 5 heteroatoms. The number of nitrogens with zero attached hydrogens (tertiary/aromatic N) is 3. The van der Waals surface area contributed by atoms with Crippen molar-refractivity contribution in [3.8, 4) is 11.5 Å². The van der Waals surface area contributed by atoms with Gasteiger partial charge in [-0.15, -0.1) is 0 Å². The largest absolute Gasteiger partial charge is 0.441 e. The first-order chi connectivity index (χ1) is 6.31. The molecule has 2 aromatic rings. The lowest BCUT2D eigenvalue weighted by atomic mass is 10.3. The molecular formula is C8H10N4O. The number of rotatable bonds is 2. The van der Waals surface area contributed by atoms with E-state index in [9.17, 15) is 0 Å². The maximum Gasteiger partial charge on any atom is 0.181 e. The average Bonchev–Trinajstić information content (AvgIpc) is 2.71. The van der Waals surface area contributed by atoms with Gasteiger partial charge in [-0.05, 0) is 6.07 Å². The van der Waals surface area contributed by atoms with Gasteiger partial charge in [-0.1, -0.05) is 0 Å². The molecule has 5 nitrogen and oxygen atoms in total. The number of nitrogens with two attached hydrogens (primary N) is 1. The zero-order valence-electron chi connectivity index (χ0n) is 7.27. The van der Waals surface area contributed by atoms with Crippen LogP contribution < -0.4 is 5.73 Å². The lowest BCUT2D eigenvalue weighted by Crippen LogP contribution is -1.98. The van der Waals surface area contributed by atoms with Gasteiger partial charge in [0.2, 0.25) is 0 Å². The fraction of sp³-hybridized carbons (Fsp3) is 0.250. The highest BCUT2D eigenvalue weighted by molar-refractivity contribution is 5.53. The smallest absolute Gasteiger partial charge is 0.181 e. The van der Waals surface area contributed by atoms with Crippen LogP contribution in [0.25, 0.3) is 11.5 Å². The number of hydrogen-bond acceptors (Lipinski definition) is 4. The van der Waals surface area contributed by atoms with E-state index in [2.05, 4.69) is 10.1 Å². The summed E-state index contributed by atoms with van der Waals surface area (Å²) in [6, 6.07) is 1.86. The van der Waals surface area contributed by atoms with Gasteiger partial charge in [-0.25, -0.2) is 4.98 Å². The van der Waals surface area contributed by atoms with Crippen molar-refractivity contribution in [2.24, 2.45) is 12.8 Å². The summed E-state index contributed by atoms with van der Waals surface area (Å²) in [6.07, 6.45) is 3.23. The Morgan fingerprint density at radius 2 is 2.46 bits per heavy atom. The average molecular weight is 178 g/mol. The van der Waals surface area contributed by atoms with Gasteiger partial charge >= 0.3 is 0 Å². The first kappa shape index (κ1) is 8.00. The molecule has 2 rings (SSSR count). The van der Waals surface area contributed by atoms with Crippen LogP contribution in [0.5, 0.6) is 0 Å². The topological polar surface area (TPSA) is 69.9 Å². The van der Waals surface area contributed by atoms with Gasteiger partial charge in [0.05, 0.1) is 0 Å². The van der Waals surface area contributed by atoms with E-state index in [1.165, 1.54) is 6.39 Å². The molecule has 0 atom stereocenters. The van der Waals surface area contributed by atoms with E-state index in [0.717, 1.165) is 11.4 Å². The molecule has 0 saturated heterocycles. The summed E-state index contributed by atoms with van der Waals surface area (Å²) in [5.74, 6) is 0.656. The van der Waals surface area contributed by atoms with Crippen molar-refractivity contribution in [1.29, 1.82) is 0 Å². The van der Waals surface area contributed by atoms with Crippen molar-refractivity contribution in [3.63, 3.8) is 0 Å². The molecular weight excluding hydrogens is 168 g/mol. The number of hydrogen-bond donors (Lipinski definition) is 1. The van der Waals surface area contributed by atoms with Gasteiger partial charge < -0.3 is 10.2 Å². The predicted octanol–water partition coefficient (Wildman–Crippen LogP) is 0.534. The van der Waals surface area contributed by atoms with Crippen LogP contribution in [0.3, 0.4) is 0 Å². The third kappa shape index (κ3) is 1.33. The van der Waals surface area contributed by atoms with Gasteiger partial charge in [0, 0.05) is 19.8 Å². The number of aryl methyl sites for hydroxylation is 1. The van der Waals surface area contributed by atoms with Crippen molar-refractivity contribution in [2.45, 2.75) is 6.54 Å². The maximum atomic E-state index is 5.48. The quantitative estimate of drug-likeness (QED) is 0.728. The Bertz CT molecular complexity index is 404. The summed E-state index contributed by atoms with van der Waals surface area (Å²) in [5.41, 5.74) is 6.98. The van der Waals surface area contributed by atoms with Crippen molar-refractivity contribution in [1.82, 2.24) is 14.8 Å². The third-order valence-electron chi connectivity index (χ3n) is 1.78. The van der Waals surface area contributed by atoms with E-state index in [-0.39, 0.29) is 0 Å². The Labute approximate surface area is 75.2 Å². The van der Waals surface area contributed by atoms with Crippen LogP contribution in [0.1, 0.15) is 5.69 Å². The van der Waals surface area contributed by atoms with Crippen LogP contribution in [-0.4, -0.2) is 14.8 Å². The molecule has 0 fully saturated rings. The SMILES string of the molecule is Cn1ccc(-c2ocnc2CN)n1. The summed E-state index contributed by atoms with van der Waals surface area (Å²) in [5, 5.41) is 4.19. The second-order valence-electron chi connectivity index (χ2n) is 2.71. The van der Waals surface area contributed by atoms with E-state index >= 15 is 0 Å². The molecule has 0 saturated carbocycles. The zero-order chi connectivity index (χ0) is 9.26. The monoisotopic (exact) mass is 178 g/mol. The lowest BCUT2D eigenvalue weighted by molar-refractivity contribution is 0.567. The molecule has 68 valence electrons. The molecule has 0 aliphatic carbocycles. The molecule has 0 radical (unpaired) electrons. The molecule has 0 aromatic carbocycles. The molecule has 2 aromatic heterocycles. The Morgan fingerprint density at radius 3 is 3.08 bits per heavy atom. The Balaban J connectivity index is 2.45. The second-order valence-corrected chi connectivity index (χ2v) is 2.71. The second kappa shape index (κ2) is 3.02. The standard InChI is InChI=1S/C8H10N4O/c1-12-3-2-6(11-12)8-7(4-9)10-5-13-8/h2-3,5H,4,9H2,1H3. The van der Waals surface area contributed by atoms with Crippen LogP contribution in [-0.2, 0) is 13.6 Å². The molecule has 0 aliphatic rings. The van der Waals surface area contributed by atoms with E-state index in [4.69, 9.17) is 10.2 Å². The van der Waals surface area contributed by atoms with Crippen LogP contribution in [0.4, 0.5) is 0 Å². The molecule has 0 aliphatic heterocycles. The van der Waals surface area contributed by atoms with Gasteiger partial charge in [0.15, 0.2) is 12.2 Å². The summed E-state index contributed by atoms with van der Waals surface area (Å²) >= 11 is 0. The van der Waals surface area contributed by atoms with Crippen molar-refractivity contribution in [2.75, 3.05) is 0 Å². The molecule has 0 amide bonds. The van der Waals surface area contributed by atoms with Crippen molar-refractivity contribution in [3.05, 3.63) is 24.4 Å². The van der Waals surface area contributed by atoms with Gasteiger partial charge in [-0.2, -0.15) is 5.10 Å². The fourth-order valence-corrected chi connectivity index (χ4v) is 1.16. The predicted molar refractivity (Wildman–Crippen MR) is 46.6 cm³/mol. The lowest BCUT2D eigenvalue weighted by Gasteiger charge is -1.92.